The Balaban J connectivity index is 4.55. The van der Waals surface area contributed by atoms with Crippen LogP contribution in [0.25, 0.3) is 0 Å². The van der Waals surface area contributed by atoms with Crippen molar-refractivity contribution in [3.05, 3.63) is 134 Å². The number of ether oxygens (including phenoxy) is 3. The van der Waals surface area contributed by atoms with Crippen molar-refractivity contribution in [2.75, 3.05) is 13.2 Å². The van der Waals surface area contributed by atoms with E-state index < -0.39 is 6.10 Å². The lowest BCUT2D eigenvalue weighted by molar-refractivity contribution is -0.167. The summed E-state index contributed by atoms with van der Waals surface area (Å²) in [6.45, 7) is 6.15. The Hall–Kier alpha value is -4.45. The Kier molecular flexibility index (Phi) is 45.7. The monoisotopic (exact) mass is 855 g/mol. The van der Waals surface area contributed by atoms with Gasteiger partial charge in [-0.2, -0.15) is 0 Å². The number of unbranched alkanes of at least 4 members (excludes halogenated alkanes) is 13. The summed E-state index contributed by atoms with van der Waals surface area (Å²) in [5.74, 6) is -1.01. The number of carbonyl (C=O) groups is 3. The molecule has 0 aromatic rings. The lowest BCUT2D eigenvalue weighted by atomic mass is 10.1. The highest BCUT2D eigenvalue weighted by atomic mass is 16.6. The summed E-state index contributed by atoms with van der Waals surface area (Å²) in [4.78, 5) is 37.9. The van der Waals surface area contributed by atoms with Crippen molar-refractivity contribution < 1.29 is 28.6 Å². The zero-order valence-electron chi connectivity index (χ0n) is 39.3. The fraction of sp³-hybridized carbons (Fsp3) is 0.554. The van der Waals surface area contributed by atoms with Gasteiger partial charge in [-0.1, -0.05) is 199 Å². The van der Waals surface area contributed by atoms with Gasteiger partial charge in [0.25, 0.3) is 0 Å². The van der Waals surface area contributed by atoms with Crippen LogP contribution in [0.1, 0.15) is 181 Å². The first kappa shape index (κ1) is 57.5. The molecule has 0 amide bonds. The van der Waals surface area contributed by atoms with E-state index in [0.29, 0.717) is 19.3 Å². The van der Waals surface area contributed by atoms with Gasteiger partial charge in [-0.3, -0.25) is 14.4 Å². The fourth-order valence-corrected chi connectivity index (χ4v) is 5.97. The number of hydrogen-bond donors (Lipinski definition) is 0. The molecule has 0 aliphatic carbocycles. The Morgan fingerprint density at radius 1 is 0.339 bits per heavy atom. The molecule has 0 rings (SSSR count). The smallest absolute Gasteiger partial charge is 0.306 e. The Labute approximate surface area is 379 Å². The van der Waals surface area contributed by atoms with E-state index in [1.165, 1.54) is 19.3 Å². The van der Waals surface area contributed by atoms with Gasteiger partial charge < -0.3 is 14.2 Å². The quantitative estimate of drug-likeness (QED) is 0.0200. The normalized spacial score (nSPS) is 13.3. The molecule has 0 aromatic carbocycles. The zero-order chi connectivity index (χ0) is 45.1. The van der Waals surface area contributed by atoms with Gasteiger partial charge in [0.1, 0.15) is 13.2 Å². The van der Waals surface area contributed by atoms with Crippen molar-refractivity contribution in [3.8, 4) is 0 Å². The van der Waals surface area contributed by atoms with Crippen LogP contribution in [-0.4, -0.2) is 37.2 Å². The number of allylic oxidation sites excluding steroid dienone is 22. The van der Waals surface area contributed by atoms with Crippen LogP contribution in [0.15, 0.2) is 134 Å². The molecule has 6 heteroatoms. The van der Waals surface area contributed by atoms with Gasteiger partial charge in [0, 0.05) is 19.3 Å². The summed E-state index contributed by atoms with van der Waals surface area (Å²) in [5.41, 5.74) is 0. The summed E-state index contributed by atoms with van der Waals surface area (Å²) >= 11 is 0. The molecule has 0 saturated carbocycles. The molecule has 346 valence electrons. The second-order valence-electron chi connectivity index (χ2n) is 15.4. The second kappa shape index (κ2) is 49.2. The predicted molar refractivity (Wildman–Crippen MR) is 265 cm³/mol. The van der Waals surface area contributed by atoms with Crippen molar-refractivity contribution in [1.82, 2.24) is 0 Å². The molecule has 0 aliphatic heterocycles. The molecule has 0 radical (unpaired) electrons. The van der Waals surface area contributed by atoms with Crippen LogP contribution in [0.5, 0.6) is 0 Å². The van der Waals surface area contributed by atoms with E-state index >= 15 is 0 Å². The third-order valence-corrected chi connectivity index (χ3v) is 9.54. The summed E-state index contributed by atoms with van der Waals surface area (Å²) in [6.07, 6.45) is 68.6. The first-order valence-electron chi connectivity index (χ1n) is 24.3. The molecule has 6 nitrogen and oxygen atoms in total. The summed E-state index contributed by atoms with van der Waals surface area (Å²) in [7, 11) is 0. The highest BCUT2D eigenvalue weighted by Gasteiger charge is 2.19. The summed E-state index contributed by atoms with van der Waals surface area (Å²) in [5, 5.41) is 0. The van der Waals surface area contributed by atoms with Gasteiger partial charge in [-0.25, -0.2) is 0 Å². The van der Waals surface area contributed by atoms with Crippen LogP contribution in [0.2, 0.25) is 0 Å². The number of carbonyl (C=O) groups excluding carboxylic acids is 3. The van der Waals surface area contributed by atoms with Crippen LogP contribution in [0, 0.1) is 0 Å². The van der Waals surface area contributed by atoms with Crippen molar-refractivity contribution in [3.63, 3.8) is 0 Å². The highest BCUT2D eigenvalue weighted by Crippen LogP contribution is 2.13. The minimum atomic E-state index is -0.818. The third-order valence-electron chi connectivity index (χ3n) is 9.54. The van der Waals surface area contributed by atoms with Crippen molar-refractivity contribution in [2.45, 2.75) is 187 Å². The molecule has 0 aliphatic rings. The molecule has 0 N–H and O–H groups in total. The van der Waals surface area contributed by atoms with Crippen LogP contribution in [-0.2, 0) is 28.6 Å². The number of rotatable bonds is 41. The van der Waals surface area contributed by atoms with E-state index in [1.807, 2.05) is 36.5 Å². The standard InChI is InChI=1S/C56H86O6/c1-4-7-10-13-16-19-22-25-27-29-31-34-37-40-43-46-49-55(58)61-52-53(51-60-54(57)48-45-42-39-36-33-30-24-21-18-15-12-9-6-3)62-56(59)50-47-44-41-38-35-32-28-26-23-20-17-14-11-8-5-2/h7-12,14-21,23-25,27,30-31,33-34,53H,4-6,13,22,26,28-29,32,35-52H2,1-3H3/b10-7+,11-8+,12-9+,17-14+,18-15+,19-16+,23-20+,24-21+,27-25+,33-30+,34-31+. The maximum Gasteiger partial charge on any atom is 0.306 e. The van der Waals surface area contributed by atoms with E-state index in [9.17, 15) is 14.4 Å². The molecular weight excluding hydrogens is 769 g/mol. The molecule has 1 atom stereocenters. The van der Waals surface area contributed by atoms with Crippen molar-refractivity contribution in [2.24, 2.45) is 0 Å². The Morgan fingerprint density at radius 3 is 1.11 bits per heavy atom. The molecule has 62 heavy (non-hydrogen) atoms. The number of esters is 3. The third kappa shape index (κ3) is 46.6. The summed E-state index contributed by atoms with van der Waals surface area (Å²) < 4.78 is 16.7. The van der Waals surface area contributed by atoms with Gasteiger partial charge in [-0.05, 0) is 96.3 Å². The average molecular weight is 855 g/mol. The van der Waals surface area contributed by atoms with E-state index in [4.69, 9.17) is 14.2 Å². The lowest BCUT2D eigenvalue weighted by Crippen LogP contribution is -2.30. The Bertz CT molecular complexity index is 1400. The van der Waals surface area contributed by atoms with Crippen LogP contribution < -0.4 is 0 Å². The summed E-state index contributed by atoms with van der Waals surface area (Å²) in [6, 6.07) is 0. The first-order valence-corrected chi connectivity index (χ1v) is 24.3. The maximum atomic E-state index is 12.8. The fourth-order valence-electron chi connectivity index (χ4n) is 5.97. The second-order valence-corrected chi connectivity index (χ2v) is 15.4. The maximum absolute atomic E-state index is 12.8. The molecule has 0 fully saturated rings. The lowest BCUT2D eigenvalue weighted by Gasteiger charge is -2.18. The van der Waals surface area contributed by atoms with Crippen molar-refractivity contribution in [1.29, 1.82) is 0 Å². The molecule has 0 saturated heterocycles. The minimum absolute atomic E-state index is 0.118. The highest BCUT2D eigenvalue weighted by molar-refractivity contribution is 5.71. The molecule has 1 unspecified atom stereocenters. The largest absolute Gasteiger partial charge is 0.462 e. The van der Waals surface area contributed by atoms with Crippen LogP contribution >= 0.6 is 0 Å². The molecule has 0 spiro atoms. The van der Waals surface area contributed by atoms with Gasteiger partial charge in [0.2, 0.25) is 0 Å². The van der Waals surface area contributed by atoms with Crippen LogP contribution in [0.3, 0.4) is 0 Å². The van der Waals surface area contributed by atoms with E-state index in [2.05, 4.69) is 118 Å². The SMILES string of the molecule is CC/C=C/C=C/C=C/C=C/CCCCCC(=O)OCC(COC(=O)CCCCC/C=C/C/C=C/C/C=C/C/C=C/CC)OC(=O)CCCCCCCCC/C=C/C=C/C=C/CC. The van der Waals surface area contributed by atoms with Gasteiger partial charge >= 0.3 is 17.9 Å². The van der Waals surface area contributed by atoms with E-state index in [0.717, 1.165) is 122 Å². The molecule has 0 heterocycles. The average Bonchev–Trinajstić information content (AvgIpc) is 3.27. The topological polar surface area (TPSA) is 78.9 Å². The molecule has 0 bridgehead atoms. The zero-order valence-corrected chi connectivity index (χ0v) is 39.3. The van der Waals surface area contributed by atoms with Gasteiger partial charge in [0.15, 0.2) is 6.10 Å². The Morgan fingerprint density at radius 2 is 0.661 bits per heavy atom. The van der Waals surface area contributed by atoms with Gasteiger partial charge in [-0.15, -0.1) is 0 Å². The van der Waals surface area contributed by atoms with Crippen LogP contribution in [0.4, 0.5) is 0 Å². The number of hydrogen-bond acceptors (Lipinski definition) is 6. The first-order chi connectivity index (χ1) is 30.5. The van der Waals surface area contributed by atoms with Gasteiger partial charge in [0.05, 0.1) is 0 Å². The van der Waals surface area contributed by atoms with Crippen molar-refractivity contribution >= 4 is 17.9 Å². The van der Waals surface area contributed by atoms with E-state index in [1.54, 1.807) is 0 Å². The molecule has 0 aromatic heterocycles. The minimum Gasteiger partial charge on any atom is -0.462 e. The molecular formula is C56H86O6. The van der Waals surface area contributed by atoms with E-state index in [-0.39, 0.29) is 31.1 Å². The predicted octanol–water partition coefficient (Wildman–Crippen LogP) is 15.9.